The number of rotatable bonds is 7. The highest BCUT2D eigenvalue weighted by Crippen LogP contribution is 2.27. The molecule has 34 heavy (non-hydrogen) atoms. The van der Waals surface area contributed by atoms with E-state index in [4.69, 9.17) is 0 Å². The maximum Gasteiger partial charge on any atom is 0.433 e. The number of anilines is 1. The monoisotopic (exact) mass is 495 g/mol. The van der Waals surface area contributed by atoms with Gasteiger partial charge in [0.2, 0.25) is 10.0 Å². The quantitative estimate of drug-likeness (QED) is 0.492. The zero-order valence-corrected chi connectivity index (χ0v) is 19.0. The molecule has 180 valence electrons. The fourth-order valence-corrected chi connectivity index (χ4v) is 4.00. The molecule has 0 atom stereocenters. The Bertz CT molecular complexity index is 1280. The second-order valence-corrected chi connectivity index (χ2v) is 9.53. The van der Waals surface area contributed by atoms with Crippen LogP contribution in [-0.2, 0) is 29.3 Å². The number of benzene rings is 2. The van der Waals surface area contributed by atoms with Crippen LogP contribution in [0.3, 0.4) is 0 Å². The number of halogens is 4. The van der Waals surface area contributed by atoms with E-state index >= 15 is 0 Å². The van der Waals surface area contributed by atoms with Crippen LogP contribution in [0.1, 0.15) is 32.7 Å². The molecule has 0 aliphatic rings. The number of hydrogen-bond acceptors (Lipinski definition) is 4. The van der Waals surface area contributed by atoms with Gasteiger partial charge in [-0.3, -0.25) is 14.1 Å². The molecular formula is C23H21F4N3O3S. The molecule has 11 heteroatoms. The number of amides is 1. The second kappa shape index (κ2) is 9.80. The first kappa shape index (κ1) is 25.2. The smallest absolute Gasteiger partial charge is 0.348 e. The van der Waals surface area contributed by atoms with E-state index in [0.29, 0.717) is 11.1 Å². The summed E-state index contributed by atoms with van der Waals surface area (Å²) in [5.74, 6) is -0.984. The lowest BCUT2D eigenvalue weighted by Crippen LogP contribution is -2.30. The van der Waals surface area contributed by atoms with Crippen LogP contribution in [0.2, 0.25) is 0 Å². The van der Waals surface area contributed by atoms with Gasteiger partial charge in [0.15, 0.2) is 0 Å². The molecule has 0 saturated carbocycles. The van der Waals surface area contributed by atoms with E-state index in [1.54, 1.807) is 13.0 Å². The first-order valence-electron chi connectivity index (χ1n) is 9.98. The molecule has 0 fully saturated rings. The highest BCUT2D eigenvalue weighted by atomic mass is 32.2. The predicted octanol–water partition coefficient (Wildman–Crippen LogP) is 4.44. The molecule has 3 aromatic rings. The zero-order chi connectivity index (χ0) is 25.1. The van der Waals surface area contributed by atoms with Crippen LogP contribution in [0.25, 0.3) is 0 Å². The van der Waals surface area contributed by atoms with Crippen LogP contribution in [0, 0.1) is 12.7 Å². The van der Waals surface area contributed by atoms with Gasteiger partial charge in [-0.15, -0.1) is 0 Å². The molecule has 0 spiro atoms. The number of nitrogens with zero attached hydrogens (tertiary/aromatic N) is 2. The molecule has 0 bridgehead atoms. The summed E-state index contributed by atoms with van der Waals surface area (Å²) in [5.41, 5.74) is 1.09. The first-order valence-corrected chi connectivity index (χ1v) is 11.8. The van der Waals surface area contributed by atoms with Gasteiger partial charge in [0.25, 0.3) is 5.91 Å². The van der Waals surface area contributed by atoms with Gasteiger partial charge in [-0.25, -0.2) is 12.8 Å². The van der Waals surface area contributed by atoms with Gasteiger partial charge in [-0.1, -0.05) is 12.1 Å². The number of aryl methyl sites for hydroxylation is 1. The van der Waals surface area contributed by atoms with E-state index in [2.05, 4.69) is 10.3 Å². The van der Waals surface area contributed by atoms with Crippen molar-refractivity contribution in [2.75, 3.05) is 10.6 Å². The Morgan fingerprint density at radius 1 is 1.06 bits per heavy atom. The highest BCUT2D eigenvalue weighted by molar-refractivity contribution is 7.92. The van der Waals surface area contributed by atoms with Crippen LogP contribution in [0.4, 0.5) is 23.2 Å². The third-order valence-corrected chi connectivity index (χ3v) is 6.15. The summed E-state index contributed by atoms with van der Waals surface area (Å²) in [5, 5.41) is 2.57. The number of carbonyl (C=O) groups is 1. The lowest BCUT2D eigenvalue weighted by Gasteiger charge is -2.23. The molecule has 0 saturated heterocycles. The van der Waals surface area contributed by atoms with Gasteiger partial charge in [0.05, 0.1) is 18.5 Å². The summed E-state index contributed by atoms with van der Waals surface area (Å²) in [6.07, 6.45) is -2.48. The van der Waals surface area contributed by atoms with Crippen molar-refractivity contribution in [1.82, 2.24) is 10.3 Å². The van der Waals surface area contributed by atoms with Crippen molar-refractivity contribution in [3.05, 3.63) is 94.6 Å². The van der Waals surface area contributed by atoms with Crippen molar-refractivity contribution in [2.45, 2.75) is 26.2 Å². The predicted molar refractivity (Wildman–Crippen MR) is 119 cm³/mol. The molecular weight excluding hydrogens is 474 g/mol. The molecule has 0 aliphatic heterocycles. The van der Waals surface area contributed by atoms with Gasteiger partial charge in [-0.05, 0) is 66.1 Å². The summed E-state index contributed by atoms with van der Waals surface area (Å²) in [6, 6.07) is 11.9. The average molecular weight is 495 g/mol. The number of alkyl halides is 3. The van der Waals surface area contributed by atoms with Crippen molar-refractivity contribution in [3.8, 4) is 0 Å². The Balaban J connectivity index is 1.71. The minimum Gasteiger partial charge on any atom is -0.348 e. The molecule has 0 unspecified atom stereocenters. The Morgan fingerprint density at radius 2 is 1.74 bits per heavy atom. The number of hydrogen-bond donors (Lipinski definition) is 1. The molecule has 1 amide bonds. The van der Waals surface area contributed by atoms with Gasteiger partial charge in [0.1, 0.15) is 11.5 Å². The minimum atomic E-state index is -4.54. The van der Waals surface area contributed by atoms with E-state index in [9.17, 15) is 30.8 Å². The molecule has 1 heterocycles. The van der Waals surface area contributed by atoms with Crippen LogP contribution >= 0.6 is 0 Å². The maximum atomic E-state index is 13.6. The van der Waals surface area contributed by atoms with Gasteiger partial charge in [0, 0.05) is 18.3 Å². The van der Waals surface area contributed by atoms with Gasteiger partial charge in [-0.2, -0.15) is 13.2 Å². The van der Waals surface area contributed by atoms with Gasteiger partial charge < -0.3 is 5.32 Å². The number of sulfonamides is 1. The number of pyridine rings is 1. The largest absolute Gasteiger partial charge is 0.433 e. The SMILES string of the molecule is Cc1ccc(F)cc1CN(c1ccc(C(=O)NCc2ccc(C(F)(F)F)nc2)cc1)S(C)(=O)=O. The van der Waals surface area contributed by atoms with E-state index in [1.807, 2.05) is 0 Å². The highest BCUT2D eigenvalue weighted by Gasteiger charge is 2.32. The van der Waals surface area contributed by atoms with Crippen molar-refractivity contribution in [2.24, 2.45) is 0 Å². The lowest BCUT2D eigenvalue weighted by atomic mass is 10.1. The van der Waals surface area contributed by atoms with Crippen molar-refractivity contribution in [3.63, 3.8) is 0 Å². The summed E-state index contributed by atoms with van der Waals surface area (Å²) in [6.45, 7) is 1.61. The molecule has 0 aliphatic carbocycles. The van der Waals surface area contributed by atoms with Crippen molar-refractivity contribution >= 4 is 21.6 Å². The molecule has 3 rings (SSSR count). The summed E-state index contributed by atoms with van der Waals surface area (Å²) < 4.78 is 77.2. The number of aromatic nitrogens is 1. The summed E-state index contributed by atoms with van der Waals surface area (Å²) in [4.78, 5) is 15.7. The number of nitrogens with one attached hydrogen (secondary N) is 1. The van der Waals surface area contributed by atoms with Crippen molar-refractivity contribution in [1.29, 1.82) is 0 Å². The van der Waals surface area contributed by atoms with Crippen molar-refractivity contribution < 1.29 is 30.8 Å². The van der Waals surface area contributed by atoms with Gasteiger partial charge >= 0.3 is 6.18 Å². The third-order valence-electron chi connectivity index (χ3n) is 5.01. The van der Waals surface area contributed by atoms with E-state index < -0.39 is 33.6 Å². The molecule has 1 aromatic heterocycles. The molecule has 2 aromatic carbocycles. The number of carbonyl (C=O) groups excluding carboxylic acids is 1. The van der Waals surface area contributed by atoms with E-state index in [0.717, 1.165) is 28.4 Å². The van der Waals surface area contributed by atoms with E-state index in [-0.39, 0.29) is 24.3 Å². The Labute approximate surface area is 194 Å². The second-order valence-electron chi connectivity index (χ2n) is 7.62. The standard InChI is InChI=1S/C23H21F4N3O3S/c1-15-3-7-19(24)11-18(15)14-30(34(2,32)33)20-8-5-17(6-9-20)22(31)29-13-16-4-10-21(28-12-16)23(25,26)27/h3-12H,13-14H2,1-2H3,(H,29,31). The normalized spacial score (nSPS) is 11.8. The third kappa shape index (κ3) is 6.31. The zero-order valence-electron chi connectivity index (χ0n) is 18.2. The summed E-state index contributed by atoms with van der Waals surface area (Å²) in [7, 11) is -3.72. The first-order chi connectivity index (χ1) is 15.8. The Hall–Kier alpha value is -3.47. The molecule has 0 radical (unpaired) electrons. The fourth-order valence-electron chi connectivity index (χ4n) is 3.13. The fraction of sp³-hybridized carbons (Fsp3) is 0.217. The van der Waals surface area contributed by atoms with Crippen LogP contribution < -0.4 is 9.62 Å². The molecule has 6 nitrogen and oxygen atoms in total. The molecule has 1 N–H and O–H groups in total. The Kier molecular flexibility index (Phi) is 7.25. The minimum absolute atomic E-state index is 0.0416. The average Bonchev–Trinajstić information content (AvgIpc) is 2.77. The topological polar surface area (TPSA) is 79.4 Å². The van der Waals surface area contributed by atoms with Crippen LogP contribution in [0.15, 0.2) is 60.8 Å². The maximum absolute atomic E-state index is 13.6. The summed E-state index contributed by atoms with van der Waals surface area (Å²) >= 11 is 0. The van der Waals surface area contributed by atoms with Crippen LogP contribution in [0.5, 0.6) is 0 Å². The van der Waals surface area contributed by atoms with E-state index in [1.165, 1.54) is 42.5 Å². The van der Waals surface area contributed by atoms with Crippen LogP contribution in [-0.4, -0.2) is 25.6 Å². The lowest BCUT2D eigenvalue weighted by molar-refractivity contribution is -0.141. The Morgan fingerprint density at radius 3 is 2.29 bits per heavy atom.